The van der Waals surface area contributed by atoms with Crippen molar-refractivity contribution in [3.05, 3.63) is 28.2 Å². The minimum Gasteiger partial charge on any atom is -0.482 e. The van der Waals surface area contributed by atoms with Gasteiger partial charge in [0.2, 0.25) is 0 Å². The predicted octanol–water partition coefficient (Wildman–Crippen LogP) is 3.22. The van der Waals surface area contributed by atoms with E-state index in [-0.39, 0.29) is 12.5 Å². The molecule has 0 radical (unpaired) electrons. The lowest BCUT2D eigenvalue weighted by molar-refractivity contribution is -0.134. The number of halogens is 2. The van der Waals surface area contributed by atoms with E-state index in [0.717, 1.165) is 39.0 Å². The van der Waals surface area contributed by atoms with Crippen LogP contribution < -0.4 is 10.1 Å². The van der Waals surface area contributed by atoms with E-state index in [1.54, 1.807) is 18.2 Å². The quantitative estimate of drug-likeness (QED) is 0.861. The lowest BCUT2D eigenvalue weighted by Gasteiger charge is -2.32. The summed E-state index contributed by atoms with van der Waals surface area (Å²) < 4.78 is 5.50. The molecule has 1 aliphatic rings. The van der Waals surface area contributed by atoms with Crippen LogP contribution in [0.25, 0.3) is 0 Å². The second kappa shape index (κ2) is 8.61. The van der Waals surface area contributed by atoms with E-state index in [2.05, 4.69) is 12.2 Å². The summed E-state index contributed by atoms with van der Waals surface area (Å²) in [6.45, 7) is 5.75. The van der Waals surface area contributed by atoms with Gasteiger partial charge in [0.15, 0.2) is 6.61 Å². The third-order valence-corrected chi connectivity index (χ3v) is 4.43. The molecule has 1 heterocycles. The van der Waals surface area contributed by atoms with E-state index in [1.807, 2.05) is 4.90 Å². The number of piperidine rings is 1. The molecule has 1 fully saturated rings. The first-order chi connectivity index (χ1) is 10.6. The monoisotopic (exact) mass is 344 g/mol. The van der Waals surface area contributed by atoms with Gasteiger partial charge in [-0.05, 0) is 50.0 Å². The fourth-order valence-corrected chi connectivity index (χ4v) is 3.02. The molecule has 1 aliphatic heterocycles. The lowest BCUT2D eigenvalue weighted by atomic mass is 9.97. The molecule has 0 spiro atoms. The second-order valence-electron chi connectivity index (χ2n) is 5.50. The molecule has 0 unspecified atom stereocenters. The van der Waals surface area contributed by atoms with Crippen molar-refractivity contribution >= 4 is 29.1 Å². The summed E-state index contributed by atoms with van der Waals surface area (Å²) in [4.78, 5) is 14.1. The summed E-state index contributed by atoms with van der Waals surface area (Å²) in [6.07, 6.45) is 2.08. The van der Waals surface area contributed by atoms with Crippen molar-refractivity contribution in [2.75, 3.05) is 32.8 Å². The first kappa shape index (κ1) is 17.4. The van der Waals surface area contributed by atoms with Gasteiger partial charge in [0, 0.05) is 18.1 Å². The first-order valence-electron chi connectivity index (χ1n) is 7.66. The van der Waals surface area contributed by atoms with E-state index in [9.17, 15) is 4.79 Å². The Morgan fingerprint density at radius 2 is 2.09 bits per heavy atom. The van der Waals surface area contributed by atoms with Crippen molar-refractivity contribution in [2.45, 2.75) is 19.8 Å². The van der Waals surface area contributed by atoms with Gasteiger partial charge in [0.1, 0.15) is 5.75 Å². The minimum absolute atomic E-state index is 0.00733. The Morgan fingerprint density at radius 1 is 1.36 bits per heavy atom. The van der Waals surface area contributed by atoms with Crippen LogP contribution in [0, 0.1) is 5.92 Å². The molecular weight excluding hydrogens is 323 g/mol. The summed E-state index contributed by atoms with van der Waals surface area (Å²) in [5.41, 5.74) is 0. The Labute approximate surface area is 141 Å². The van der Waals surface area contributed by atoms with Crippen molar-refractivity contribution in [2.24, 2.45) is 5.92 Å². The third-order valence-electron chi connectivity index (χ3n) is 3.90. The van der Waals surface area contributed by atoms with E-state index >= 15 is 0 Å². The molecule has 1 saturated heterocycles. The Kier molecular flexibility index (Phi) is 6.80. The molecule has 0 atom stereocenters. The van der Waals surface area contributed by atoms with Gasteiger partial charge in [0.05, 0.1) is 5.02 Å². The number of ether oxygens (including phenoxy) is 1. The Balaban J connectivity index is 1.76. The number of nitrogens with zero attached hydrogens (tertiary/aromatic N) is 1. The Bertz CT molecular complexity index is 503. The number of hydrogen-bond donors (Lipinski definition) is 1. The van der Waals surface area contributed by atoms with Crippen LogP contribution in [0.15, 0.2) is 18.2 Å². The van der Waals surface area contributed by atoms with Crippen LogP contribution in [0.2, 0.25) is 10.0 Å². The normalized spacial score (nSPS) is 15.9. The van der Waals surface area contributed by atoms with Gasteiger partial charge in [0.25, 0.3) is 5.91 Å². The molecule has 1 N–H and O–H groups in total. The molecule has 122 valence electrons. The Hall–Kier alpha value is -0.970. The average Bonchev–Trinajstić information content (AvgIpc) is 2.52. The van der Waals surface area contributed by atoms with Gasteiger partial charge < -0.3 is 15.0 Å². The van der Waals surface area contributed by atoms with E-state index in [4.69, 9.17) is 27.9 Å². The van der Waals surface area contributed by atoms with Gasteiger partial charge in [-0.1, -0.05) is 30.1 Å². The second-order valence-corrected chi connectivity index (χ2v) is 6.34. The zero-order valence-corrected chi connectivity index (χ0v) is 14.3. The summed E-state index contributed by atoms with van der Waals surface area (Å²) in [5, 5.41) is 4.33. The van der Waals surface area contributed by atoms with Crippen LogP contribution in [0.1, 0.15) is 19.8 Å². The number of carbonyl (C=O) groups is 1. The molecule has 0 bridgehead atoms. The van der Waals surface area contributed by atoms with Crippen molar-refractivity contribution in [3.63, 3.8) is 0 Å². The number of nitrogens with one attached hydrogen (secondary N) is 1. The number of rotatable bonds is 6. The molecular formula is C16H22Cl2N2O2. The van der Waals surface area contributed by atoms with E-state index < -0.39 is 0 Å². The summed E-state index contributed by atoms with van der Waals surface area (Å²) >= 11 is 11.9. The topological polar surface area (TPSA) is 41.6 Å². The minimum atomic E-state index is 0.00733. The maximum atomic E-state index is 12.2. The number of hydrogen-bond acceptors (Lipinski definition) is 3. The number of benzene rings is 1. The highest BCUT2D eigenvalue weighted by Gasteiger charge is 2.22. The molecule has 1 aromatic rings. The number of likely N-dealkylation sites (tertiary alicyclic amines) is 1. The van der Waals surface area contributed by atoms with Crippen LogP contribution in [-0.2, 0) is 4.79 Å². The zero-order valence-electron chi connectivity index (χ0n) is 12.8. The van der Waals surface area contributed by atoms with E-state index in [1.165, 1.54) is 0 Å². The van der Waals surface area contributed by atoms with Gasteiger partial charge in [-0.3, -0.25) is 4.79 Å². The molecule has 1 amide bonds. The summed E-state index contributed by atoms with van der Waals surface area (Å²) in [5.74, 6) is 1.16. The zero-order chi connectivity index (χ0) is 15.9. The molecule has 4 nitrogen and oxygen atoms in total. The first-order valence-corrected chi connectivity index (χ1v) is 8.42. The van der Waals surface area contributed by atoms with Gasteiger partial charge in [-0.2, -0.15) is 0 Å². The van der Waals surface area contributed by atoms with Crippen molar-refractivity contribution < 1.29 is 9.53 Å². The molecule has 6 heteroatoms. The average molecular weight is 345 g/mol. The smallest absolute Gasteiger partial charge is 0.260 e. The fraction of sp³-hybridized carbons (Fsp3) is 0.562. The molecule has 0 aliphatic carbocycles. The Morgan fingerprint density at radius 3 is 2.73 bits per heavy atom. The van der Waals surface area contributed by atoms with Gasteiger partial charge in [-0.15, -0.1) is 0 Å². The molecule has 1 aromatic carbocycles. The highest BCUT2D eigenvalue weighted by Crippen LogP contribution is 2.27. The van der Waals surface area contributed by atoms with Crippen LogP contribution in [0.3, 0.4) is 0 Å². The summed E-state index contributed by atoms with van der Waals surface area (Å²) in [6, 6.07) is 4.98. The number of carbonyl (C=O) groups excluding carboxylic acids is 1. The summed E-state index contributed by atoms with van der Waals surface area (Å²) in [7, 11) is 0. The number of amides is 1. The third kappa shape index (κ3) is 5.04. The SMILES string of the molecule is CCNCC1CCN(C(=O)COc2ccc(Cl)cc2Cl)CC1. The van der Waals surface area contributed by atoms with Gasteiger partial charge in [-0.25, -0.2) is 0 Å². The van der Waals surface area contributed by atoms with Crippen molar-refractivity contribution in [1.82, 2.24) is 10.2 Å². The highest BCUT2D eigenvalue weighted by atomic mass is 35.5. The fourth-order valence-electron chi connectivity index (χ4n) is 2.56. The maximum Gasteiger partial charge on any atom is 0.260 e. The van der Waals surface area contributed by atoms with Gasteiger partial charge >= 0.3 is 0 Å². The molecule has 22 heavy (non-hydrogen) atoms. The van der Waals surface area contributed by atoms with E-state index in [0.29, 0.717) is 21.7 Å². The largest absolute Gasteiger partial charge is 0.482 e. The molecule has 0 saturated carbocycles. The van der Waals surface area contributed by atoms with Crippen LogP contribution >= 0.6 is 23.2 Å². The van der Waals surface area contributed by atoms with Crippen molar-refractivity contribution in [1.29, 1.82) is 0 Å². The van der Waals surface area contributed by atoms with Crippen LogP contribution in [0.4, 0.5) is 0 Å². The predicted molar refractivity (Wildman–Crippen MR) is 89.8 cm³/mol. The lowest BCUT2D eigenvalue weighted by Crippen LogP contribution is -2.42. The van der Waals surface area contributed by atoms with Crippen LogP contribution in [-0.4, -0.2) is 43.6 Å². The standard InChI is InChI=1S/C16H22Cl2N2O2/c1-2-19-10-12-5-7-20(8-6-12)16(21)11-22-15-4-3-13(17)9-14(15)18/h3-4,9,12,19H,2,5-8,10-11H2,1H3. The molecule has 0 aromatic heterocycles. The maximum absolute atomic E-state index is 12.2. The molecule has 2 rings (SSSR count). The van der Waals surface area contributed by atoms with Crippen molar-refractivity contribution in [3.8, 4) is 5.75 Å². The van der Waals surface area contributed by atoms with Crippen LogP contribution in [0.5, 0.6) is 5.75 Å². The highest BCUT2D eigenvalue weighted by molar-refractivity contribution is 6.35.